The van der Waals surface area contributed by atoms with Gasteiger partial charge in [0.15, 0.2) is 0 Å². The quantitative estimate of drug-likeness (QED) is 0.699. The van der Waals surface area contributed by atoms with E-state index in [0.717, 1.165) is 26.1 Å². The van der Waals surface area contributed by atoms with Gasteiger partial charge < -0.3 is 10.6 Å². The maximum Gasteiger partial charge on any atom is 0.227 e. The summed E-state index contributed by atoms with van der Waals surface area (Å²) in [7, 11) is 0. The molecule has 0 bridgehead atoms. The number of carbonyl (C=O) groups excluding carboxylic acids is 1. The van der Waals surface area contributed by atoms with Gasteiger partial charge in [-0.05, 0) is 25.3 Å². The average Bonchev–Trinajstić information content (AvgIpc) is 2.48. The predicted octanol–water partition coefficient (Wildman–Crippen LogP) is 1.15. The minimum absolute atomic E-state index is 0.165. The summed E-state index contributed by atoms with van der Waals surface area (Å²) in [5.74, 6) is 0.192. The van der Waals surface area contributed by atoms with Gasteiger partial charge in [0.2, 0.25) is 5.91 Å². The van der Waals surface area contributed by atoms with Crippen LogP contribution in [0, 0.1) is 10.8 Å². The highest BCUT2D eigenvalue weighted by molar-refractivity contribution is 5.82. The van der Waals surface area contributed by atoms with Gasteiger partial charge in [-0.3, -0.25) is 4.79 Å². The first-order chi connectivity index (χ1) is 6.33. The Hall–Kier alpha value is -0.570. The SMILES string of the molecule is CC(C)(C)CNC(=O)C1(C)CCNC1. The van der Waals surface area contributed by atoms with Gasteiger partial charge >= 0.3 is 0 Å². The molecule has 3 heteroatoms. The number of amides is 1. The Morgan fingerprint density at radius 3 is 2.57 bits per heavy atom. The van der Waals surface area contributed by atoms with Crippen LogP contribution in [-0.4, -0.2) is 25.5 Å². The first-order valence-electron chi connectivity index (χ1n) is 5.33. The highest BCUT2D eigenvalue weighted by Gasteiger charge is 2.36. The molecule has 1 rings (SSSR count). The molecule has 0 saturated carbocycles. The molecule has 0 aromatic heterocycles. The third-order valence-electron chi connectivity index (χ3n) is 2.70. The lowest BCUT2D eigenvalue weighted by Crippen LogP contribution is -2.43. The summed E-state index contributed by atoms with van der Waals surface area (Å²) in [5.41, 5.74) is -0.0245. The third-order valence-corrected chi connectivity index (χ3v) is 2.70. The summed E-state index contributed by atoms with van der Waals surface area (Å²) in [6, 6.07) is 0. The Balaban J connectivity index is 2.42. The van der Waals surface area contributed by atoms with Gasteiger partial charge in [-0.15, -0.1) is 0 Å². The van der Waals surface area contributed by atoms with E-state index in [1.807, 2.05) is 6.92 Å². The van der Waals surface area contributed by atoms with Gasteiger partial charge in [0.05, 0.1) is 5.41 Å². The molecule has 0 aliphatic carbocycles. The van der Waals surface area contributed by atoms with E-state index < -0.39 is 0 Å². The lowest BCUT2D eigenvalue weighted by molar-refractivity contribution is -0.129. The summed E-state index contributed by atoms with van der Waals surface area (Å²) >= 11 is 0. The summed E-state index contributed by atoms with van der Waals surface area (Å²) in [4.78, 5) is 11.9. The average molecular weight is 198 g/mol. The van der Waals surface area contributed by atoms with Crippen LogP contribution in [0.1, 0.15) is 34.1 Å². The van der Waals surface area contributed by atoms with Crippen molar-refractivity contribution in [1.29, 1.82) is 0 Å². The monoisotopic (exact) mass is 198 g/mol. The van der Waals surface area contributed by atoms with Crippen LogP contribution in [0.15, 0.2) is 0 Å². The maximum absolute atomic E-state index is 11.9. The molecule has 1 saturated heterocycles. The van der Waals surface area contributed by atoms with E-state index in [4.69, 9.17) is 0 Å². The molecule has 1 amide bonds. The van der Waals surface area contributed by atoms with Crippen molar-refractivity contribution in [2.75, 3.05) is 19.6 Å². The minimum atomic E-state index is -0.189. The summed E-state index contributed by atoms with van der Waals surface area (Å²) in [6.45, 7) is 10.9. The van der Waals surface area contributed by atoms with Crippen molar-refractivity contribution in [3.05, 3.63) is 0 Å². The molecule has 14 heavy (non-hydrogen) atoms. The second-order valence-corrected chi connectivity index (χ2v) is 5.73. The molecule has 2 N–H and O–H groups in total. The number of hydrogen-bond donors (Lipinski definition) is 2. The zero-order chi connectivity index (χ0) is 10.8. The van der Waals surface area contributed by atoms with E-state index in [1.54, 1.807) is 0 Å². The van der Waals surface area contributed by atoms with Crippen LogP contribution in [0.4, 0.5) is 0 Å². The van der Waals surface area contributed by atoms with Crippen LogP contribution in [0.3, 0.4) is 0 Å². The van der Waals surface area contributed by atoms with E-state index in [9.17, 15) is 4.79 Å². The third kappa shape index (κ3) is 2.98. The second-order valence-electron chi connectivity index (χ2n) is 5.73. The number of carbonyl (C=O) groups is 1. The maximum atomic E-state index is 11.9. The van der Waals surface area contributed by atoms with Crippen molar-refractivity contribution in [3.63, 3.8) is 0 Å². The van der Waals surface area contributed by atoms with Gasteiger partial charge in [0.1, 0.15) is 0 Å². The molecule has 3 nitrogen and oxygen atoms in total. The van der Waals surface area contributed by atoms with Gasteiger partial charge in [-0.2, -0.15) is 0 Å². The lowest BCUT2D eigenvalue weighted by Gasteiger charge is -2.25. The molecule has 1 unspecified atom stereocenters. The highest BCUT2D eigenvalue weighted by atomic mass is 16.2. The van der Waals surface area contributed by atoms with E-state index >= 15 is 0 Å². The Bertz CT molecular complexity index is 212. The van der Waals surface area contributed by atoms with Gasteiger partial charge in [-0.1, -0.05) is 20.8 Å². The molecule has 0 aromatic rings. The Kier molecular flexibility index (Phi) is 3.20. The molecule has 82 valence electrons. The zero-order valence-corrected chi connectivity index (χ0v) is 9.74. The smallest absolute Gasteiger partial charge is 0.227 e. The Morgan fingerprint density at radius 1 is 1.50 bits per heavy atom. The van der Waals surface area contributed by atoms with E-state index in [1.165, 1.54) is 0 Å². The van der Waals surface area contributed by atoms with Crippen molar-refractivity contribution < 1.29 is 4.79 Å². The van der Waals surface area contributed by atoms with Crippen molar-refractivity contribution in [2.45, 2.75) is 34.1 Å². The molecule has 0 radical (unpaired) electrons. The van der Waals surface area contributed by atoms with E-state index in [-0.39, 0.29) is 16.7 Å². The fourth-order valence-corrected chi connectivity index (χ4v) is 1.57. The van der Waals surface area contributed by atoms with Crippen LogP contribution >= 0.6 is 0 Å². The van der Waals surface area contributed by atoms with Crippen LogP contribution in [0.5, 0.6) is 0 Å². The molecule has 0 spiro atoms. The van der Waals surface area contributed by atoms with Crippen LogP contribution in [0.2, 0.25) is 0 Å². The fourth-order valence-electron chi connectivity index (χ4n) is 1.57. The molecule has 1 atom stereocenters. The van der Waals surface area contributed by atoms with Gasteiger partial charge in [-0.25, -0.2) is 0 Å². The minimum Gasteiger partial charge on any atom is -0.355 e. The standard InChI is InChI=1S/C11H22N2O/c1-10(2,3)7-13-9(14)11(4)5-6-12-8-11/h12H,5-8H2,1-4H3,(H,13,14). The summed E-state index contributed by atoms with van der Waals surface area (Å²) in [6.07, 6.45) is 0.947. The molecule has 1 fully saturated rings. The summed E-state index contributed by atoms with van der Waals surface area (Å²) < 4.78 is 0. The first kappa shape index (κ1) is 11.5. The van der Waals surface area contributed by atoms with Crippen LogP contribution in [-0.2, 0) is 4.79 Å². The van der Waals surface area contributed by atoms with E-state index in [2.05, 4.69) is 31.4 Å². The predicted molar refractivity (Wildman–Crippen MR) is 58.1 cm³/mol. The zero-order valence-electron chi connectivity index (χ0n) is 9.74. The van der Waals surface area contributed by atoms with Crippen molar-refractivity contribution in [1.82, 2.24) is 10.6 Å². The second kappa shape index (κ2) is 3.89. The fraction of sp³-hybridized carbons (Fsp3) is 0.909. The molecule has 0 aromatic carbocycles. The first-order valence-corrected chi connectivity index (χ1v) is 5.33. The van der Waals surface area contributed by atoms with Crippen molar-refractivity contribution in [3.8, 4) is 0 Å². The topological polar surface area (TPSA) is 41.1 Å². The molecule has 1 aliphatic heterocycles. The lowest BCUT2D eigenvalue weighted by atomic mass is 9.88. The normalized spacial score (nSPS) is 27.7. The van der Waals surface area contributed by atoms with Gasteiger partial charge in [0, 0.05) is 13.1 Å². The molecule has 1 aliphatic rings. The molecular formula is C11H22N2O. The van der Waals surface area contributed by atoms with Gasteiger partial charge in [0.25, 0.3) is 0 Å². The summed E-state index contributed by atoms with van der Waals surface area (Å²) in [5, 5.41) is 6.26. The number of nitrogens with one attached hydrogen (secondary N) is 2. The van der Waals surface area contributed by atoms with Crippen molar-refractivity contribution in [2.24, 2.45) is 10.8 Å². The van der Waals surface area contributed by atoms with Crippen LogP contribution in [0.25, 0.3) is 0 Å². The highest BCUT2D eigenvalue weighted by Crippen LogP contribution is 2.24. The van der Waals surface area contributed by atoms with Crippen LogP contribution < -0.4 is 10.6 Å². The molecular weight excluding hydrogens is 176 g/mol. The largest absolute Gasteiger partial charge is 0.355 e. The number of hydrogen-bond acceptors (Lipinski definition) is 2. The molecule has 1 heterocycles. The number of rotatable bonds is 2. The van der Waals surface area contributed by atoms with Crippen molar-refractivity contribution >= 4 is 5.91 Å². The van der Waals surface area contributed by atoms with E-state index in [0.29, 0.717) is 0 Å². The Morgan fingerprint density at radius 2 is 2.14 bits per heavy atom. The Labute approximate surface area is 86.6 Å².